The number of carbonyl (C=O) groups is 2. The number of ether oxygens (including phenoxy) is 1. The van der Waals surface area contributed by atoms with Crippen LogP contribution in [0.5, 0.6) is 5.75 Å². The third-order valence-electron chi connectivity index (χ3n) is 6.38. The molecule has 196 valence electrons. The number of hydrogen-bond donors (Lipinski definition) is 2. The number of benzene rings is 4. The van der Waals surface area contributed by atoms with Gasteiger partial charge >= 0.3 is 0 Å². The van der Waals surface area contributed by atoms with Crippen molar-refractivity contribution in [3.63, 3.8) is 0 Å². The van der Waals surface area contributed by atoms with E-state index < -0.39 is 17.9 Å². The van der Waals surface area contributed by atoms with E-state index in [0.29, 0.717) is 11.3 Å². The van der Waals surface area contributed by atoms with E-state index in [1.54, 1.807) is 6.21 Å². The number of nitrogens with one attached hydrogen (secondary N) is 2. The molecular weight excluding hydrogens is 486 g/mol. The second-order valence-electron chi connectivity index (χ2n) is 9.41. The molecule has 6 nitrogen and oxygen atoms in total. The van der Waals surface area contributed by atoms with Gasteiger partial charge in [0, 0.05) is 5.56 Å². The van der Waals surface area contributed by atoms with Crippen LogP contribution in [0.2, 0.25) is 0 Å². The average Bonchev–Trinajstić information content (AvgIpc) is 2.96. The van der Waals surface area contributed by atoms with Gasteiger partial charge in [0.1, 0.15) is 18.4 Å². The molecule has 6 heteroatoms. The molecule has 0 radical (unpaired) electrons. The summed E-state index contributed by atoms with van der Waals surface area (Å²) in [5.74, 6) is 1.62. The zero-order valence-electron chi connectivity index (χ0n) is 22.0. The van der Waals surface area contributed by atoms with Crippen molar-refractivity contribution < 1.29 is 14.3 Å². The first kappa shape index (κ1) is 27.2. The predicted octanol–water partition coefficient (Wildman–Crippen LogP) is 5.27. The summed E-state index contributed by atoms with van der Waals surface area (Å²) in [5, 5.41) is 9.09. The largest absolute Gasteiger partial charge is 0.480 e. The highest BCUT2D eigenvalue weighted by molar-refractivity contribution is 6.03. The number of hydrogen-bond acceptors (Lipinski definition) is 4. The lowest BCUT2D eigenvalue weighted by Gasteiger charge is -2.24. The fraction of sp³-hybridized carbons (Fsp3) is 0.182. The van der Waals surface area contributed by atoms with E-state index in [0.717, 1.165) is 21.9 Å². The van der Waals surface area contributed by atoms with E-state index in [4.69, 9.17) is 11.2 Å². The lowest BCUT2D eigenvalue weighted by molar-refractivity contribution is -0.130. The van der Waals surface area contributed by atoms with Crippen molar-refractivity contribution in [1.82, 2.24) is 10.7 Å². The van der Waals surface area contributed by atoms with E-state index in [1.165, 1.54) is 0 Å². The van der Waals surface area contributed by atoms with Gasteiger partial charge in [-0.15, -0.1) is 6.42 Å². The quantitative estimate of drug-likeness (QED) is 0.171. The second kappa shape index (κ2) is 13.1. The third kappa shape index (κ3) is 6.71. The monoisotopic (exact) mass is 517 g/mol. The number of hydrazone groups is 1. The van der Waals surface area contributed by atoms with Crippen LogP contribution in [0.3, 0.4) is 0 Å². The Hall–Kier alpha value is -4.89. The van der Waals surface area contributed by atoms with Crippen LogP contribution < -0.4 is 15.5 Å². The number of terminal acetylenes is 1. The smallest absolute Gasteiger partial charge is 0.262 e. The Labute approximate surface area is 229 Å². The summed E-state index contributed by atoms with van der Waals surface area (Å²) in [6, 6.07) is 29.8. The zero-order valence-corrected chi connectivity index (χ0v) is 22.0. The van der Waals surface area contributed by atoms with Crippen LogP contribution in [0.25, 0.3) is 10.8 Å². The van der Waals surface area contributed by atoms with Crippen LogP contribution in [0.4, 0.5) is 0 Å². The number of nitrogens with zero attached hydrogens (tertiary/aromatic N) is 1. The van der Waals surface area contributed by atoms with Gasteiger partial charge in [-0.2, -0.15) is 5.10 Å². The van der Waals surface area contributed by atoms with Crippen molar-refractivity contribution in [2.75, 3.05) is 6.61 Å². The standard InChI is InChI=1S/C33H31N3O3/c1-4-21-39-29-20-19-24-13-11-12-18-27(24)28(29)22-34-36-33(38)31(23(2)3)35-32(37)30(25-14-7-5-8-15-25)26-16-9-6-10-17-26/h1,5-20,22-23,30-31H,21H2,2-3H3,(H,35,37)(H,36,38)/b34-22-/t31-/m1/s1. The summed E-state index contributed by atoms with van der Waals surface area (Å²) >= 11 is 0. The van der Waals surface area contributed by atoms with Gasteiger partial charge in [-0.25, -0.2) is 5.43 Å². The lowest BCUT2D eigenvalue weighted by atomic mass is 9.89. The molecule has 0 unspecified atom stereocenters. The summed E-state index contributed by atoms with van der Waals surface area (Å²) in [5.41, 5.74) is 4.99. The van der Waals surface area contributed by atoms with Crippen LogP contribution in [0, 0.1) is 18.3 Å². The van der Waals surface area contributed by atoms with Crippen molar-refractivity contribution in [2.24, 2.45) is 11.0 Å². The third-order valence-corrected chi connectivity index (χ3v) is 6.38. The molecule has 0 spiro atoms. The Morgan fingerprint density at radius 3 is 2.10 bits per heavy atom. The van der Waals surface area contributed by atoms with Crippen molar-refractivity contribution in [3.8, 4) is 18.1 Å². The number of rotatable bonds is 10. The van der Waals surface area contributed by atoms with Gasteiger partial charge in [-0.1, -0.05) is 111 Å². The van der Waals surface area contributed by atoms with Crippen molar-refractivity contribution in [2.45, 2.75) is 25.8 Å². The molecule has 0 saturated carbocycles. The van der Waals surface area contributed by atoms with Crippen LogP contribution in [0.1, 0.15) is 36.5 Å². The summed E-state index contributed by atoms with van der Waals surface area (Å²) in [4.78, 5) is 26.8. The Morgan fingerprint density at radius 1 is 0.872 bits per heavy atom. The van der Waals surface area contributed by atoms with Gasteiger partial charge in [0.25, 0.3) is 5.91 Å². The SMILES string of the molecule is C#CCOc1ccc2ccccc2c1/C=N\NC(=O)[C@H](NC(=O)C(c1ccccc1)c1ccccc1)C(C)C. The molecule has 0 aliphatic rings. The molecule has 0 saturated heterocycles. The molecule has 0 heterocycles. The van der Waals surface area contributed by atoms with Crippen LogP contribution in [-0.4, -0.2) is 30.7 Å². The van der Waals surface area contributed by atoms with Gasteiger partial charge in [-0.05, 0) is 33.9 Å². The number of fused-ring (bicyclic) bond motifs is 1. The molecule has 0 aliphatic carbocycles. The molecule has 0 bridgehead atoms. The summed E-state index contributed by atoms with van der Waals surface area (Å²) < 4.78 is 5.70. The minimum absolute atomic E-state index is 0.108. The molecule has 0 aromatic heterocycles. The molecule has 0 fully saturated rings. The average molecular weight is 518 g/mol. The molecular formula is C33H31N3O3. The van der Waals surface area contributed by atoms with E-state index >= 15 is 0 Å². The molecule has 2 amide bonds. The first-order chi connectivity index (χ1) is 19.0. The van der Waals surface area contributed by atoms with Gasteiger partial charge in [-0.3, -0.25) is 9.59 Å². The molecule has 4 aromatic carbocycles. The fourth-order valence-electron chi connectivity index (χ4n) is 4.44. The second-order valence-corrected chi connectivity index (χ2v) is 9.41. The molecule has 2 N–H and O–H groups in total. The highest BCUT2D eigenvalue weighted by Crippen LogP contribution is 2.27. The molecule has 4 rings (SSSR count). The molecule has 0 aliphatic heterocycles. The maximum atomic E-state index is 13.6. The van der Waals surface area contributed by atoms with E-state index in [9.17, 15) is 9.59 Å². The van der Waals surface area contributed by atoms with E-state index in [1.807, 2.05) is 111 Å². The topological polar surface area (TPSA) is 79.8 Å². The maximum Gasteiger partial charge on any atom is 0.262 e. The minimum Gasteiger partial charge on any atom is -0.480 e. The summed E-state index contributed by atoms with van der Waals surface area (Å²) in [6.45, 7) is 3.87. The first-order valence-corrected chi connectivity index (χ1v) is 12.8. The van der Waals surface area contributed by atoms with Crippen LogP contribution >= 0.6 is 0 Å². The zero-order chi connectivity index (χ0) is 27.6. The van der Waals surface area contributed by atoms with Gasteiger partial charge < -0.3 is 10.1 Å². The van der Waals surface area contributed by atoms with Crippen molar-refractivity contribution in [1.29, 1.82) is 0 Å². The number of carbonyl (C=O) groups excluding carboxylic acids is 2. The Balaban J connectivity index is 1.55. The van der Waals surface area contributed by atoms with Crippen LogP contribution in [-0.2, 0) is 9.59 Å². The molecule has 39 heavy (non-hydrogen) atoms. The predicted molar refractivity (Wildman–Crippen MR) is 156 cm³/mol. The van der Waals surface area contributed by atoms with Gasteiger partial charge in [0.15, 0.2) is 0 Å². The van der Waals surface area contributed by atoms with Crippen molar-refractivity contribution in [3.05, 3.63) is 114 Å². The van der Waals surface area contributed by atoms with E-state index in [-0.39, 0.29) is 18.4 Å². The Kier molecular flexibility index (Phi) is 9.10. The summed E-state index contributed by atoms with van der Waals surface area (Å²) in [7, 11) is 0. The maximum absolute atomic E-state index is 13.6. The summed E-state index contributed by atoms with van der Waals surface area (Å²) in [6.07, 6.45) is 6.92. The Morgan fingerprint density at radius 2 is 1.49 bits per heavy atom. The Bertz CT molecular complexity index is 1450. The van der Waals surface area contributed by atoms with Gasteiger partial charge in [0.2, 0.25) is 5.91 Å². The molecule has 1 atom stereocenters. The highest BCUT2D eigenvalue weighted by Gasteiger charge is 2.29. The fourth-order valence-corrected chi connectivity index (χ4v) is 4.44. The van der Waals surface area contributed by atoms with Crippen molar-refractivity contribution >= 4 is 28.8 Å². The van der Waals surface area contributed by atoms with Gasteiger partial charge in [0.05, 0.1) is 12.1 Å². The van der Waals surface area contributed by atoms with E-state index in [2.05, 4.69) is 21.8 Å². The highest BCUT2D eigenvalue weighted by atomic mass is 16.5. The number of amides is 2. The van der Waals surface area contributed by atoms with Crippen LogP contribution in [0.15, 0.2) is 102 Å². The molecule has 4 aromatic rings. The minimum atomic E-state index is -0.797. The first-order valence-electron chi connectivity index (χ1n) is 12.8. The normalized spacial score (nSPS) is 11.9. The lowest BCUT2D eigenvalue weighted by Crippen LogP contribution is -2.50.